The molecule has 10 heavy (non-hydrogen) atoms. The van der Waals surface area contributed by atoms with E-state index in [0.717, 1.165) is 25.9 Å². The number of nitrogens with one attached hydrogen (secondary N) is 1. The third kappa shape index (κ3) is 2.23. The quantitative estimate of drug-likeness (QED) is 0.582. The molecule has 1 heterocycles. The van der Waals surface area contributed by atoms with Gasteiger partial charge in [0.05, 0.1) is 0 Å². The number of carbonyl (C=O) groups excluding carboxylic acids is 1. The summed E-state index contributed by atoms with van der Waals surface area (Å²) in [5, 5.41) is 11.7. The smallest absolute Gasteiger partial charge is 0.251 e. The molecule has 0 unspecified atom stereocenters. The van der Waals surface area contributed by atoms with E-state index in [2.05, 4.69) is 5.43 Å². The molecule has 4 nitrogen and oxygen atoms in total. The second kappa shape index (κ2) is 3.41. The van der Waals surface area contributed by atoms with Gasteiger partial charge in [-0.2, -0.15) is 0 Å². The van der Waals surface area contributed by atoms with E-state index in [-0.39, 0.29) is 0 Å². The van der Waals surface area contributed by atoms with Crippen LogP contribution in [0.15, 0.2) is 0 Å². The molecular formula is C6H11N2O2. The maximum atomic E-state index is 10.0. The zero-order valence-electron chi connectivity index (χ0n) is 5.80. The van der Waals surface area contributed by atoms with E-state index in [0.29, 0.717) is 0 Å². The highest BCUT2D eigenvalue weighted by atomic mass is 16.4. The minimum atomic E-state index is -1.21. The van der Waals surface area contributed by atoms with Gasteiger partial charge in [0.2, 0.25) is 0 Å². The van der Waals surface area contributed by atoms with E-state index in [9.17, 15) is 9.90 Å². The molecule has 1 radical (unpaired) electrons. The lowest BCUT2D eigenvalue weighted by atomic mass is 10.2. The number of hydrazine groups is 1. The van der Waals surface area contributed by atoms with Gasteiger partial charge in [0.25, 0.3) is 0 Å². The van der Waals surface area contributed by atoms with Crippen LogP contribution in [0.1, 0.15) is 19.3 Å². The Bertz CT molecular complexity index is 121. The Morgan fingerprint density at radius 2 is 1.80 bits per heavy atom. The molecule has 1 rings (SSSR count). The maximum Gasteiger partial charge on any atom is 0.464 e. The van der Waals surface area contributed by atoms with Crippen LogP contribution >= 0.6 is 0 Å². The lowest BCUT2D eigenvalue weighted by Crippen LogP contribution is -2.43. The first-order chi connectivity index (χ1) is 4.79. The van der Waals surface area contributed by atoms with Crippen LogP contribution < -0.4 is 5.43 Å². The van der Waals surface area contributed by atoms with Crippen molar-refractivity contribution in [3.8, 4) is 0 Å². The van der Waals surface area contributed by atoms with Gasteiger partial charge in [0.1, 0.15) is 0 Å². The molecule has 0 spiro atoms. The van der Waals surface area contributed by atoms with Crippen molar-refractivity contribution in [3.05, 3.63) is 0 Å². The minimum absolute atomic E-state index is 0.813. The van der Waals surface area contributed by atoms with Crippen molar-refractivity contribution < 1.29 is 9.90 Å². The first-order valence-electron chi connectivity index (χ1n) is 3.51. The van der Waals surface area contributed by atoms with Crippen molar-refractivity contribution in [2.75, 3.05) is 13.1 Å². The van der Waals surface area contributed by atoms with Crippen molar-refractivity contribution in [2.24, 2.45) is 0 Å². The van der Waals surface area contributed by atoms with Crippen LogP contribution in [0.3, 0.4) is 0 Å². The molecule has 4 heteroatoms. The summed E-state index contributed by atoms with van der Waals surface area (Å²) in [4.78, 5) is 10.0. The average Bonchev–Trinajstić information content (AvgIpc) is 1.88. The number of amides is 1. The molecule has 0 atom stereocenters. The summed E-state index contributed by atoms with van der Waals surface area (Å²) < 4.78 is 0. The van der Waals surface area contributed by atoms with Crippen molar-refractivity contribution in [2.45, 2.75) is 19.3 Å². The van der Waals surface area contributed by atoms with E-state index in [1.807, 2.05) is 0 Å². The van der Waals surface area contributed by atoms with Crippen molar-refractivity contribution in [1.29, 1.82) is 0 Å². The van der Waals surface area contributed by atoms with E-state index >= 15 is 0 Å². The molecule has 57 valence electrons. The van der Waals surface area contributed by atoms with Gasteiger partial charge < -0.3 is 0 Å². The second-order valence-corrected chi connectivity index (χ2v) is 2.45. The number of hydrogen-bond donors (Lipinski definition) is 1. The first-order valence-corrected chi connectivity index (χ1v) is 3.51. The van der Waals surface area contributed by atoms with Gasteiger partial charge in [-0.15, -0.1) is 0 Å². The van der Waals surface area contributed by atoms with Crippen molar-refractivity contribution >= 4 is 6.09 Å². The third-order valence-electron chi connectivity index (χ3n) is 1.61. The van der Waals surface area contributed by atoms with E-state index < -0.39 is 6.09 Å². The molecule has 0 aromatic rings. The van der Waals surface area contributed by atoms with Crippen molar-refractivity contribution in [1.82, 2.24) is 10.4 Å². The van der Waals surface area contributed by atoms with Crippen LogP contribution in [0.5, 0.6) is 0 Å². The largest absolute Gasteiger partial charge is 0.464 e. The van der Waals surface area contributed by atoms with Crippen LogP contribution in [-0.2, 0) is 5.11 Å². The summed E-state index contributed by atoms with van der Waals surface area (Å²) in [5.41, 5.74) is 2.22. The summed E-state index contributed by atoms with van der Waals surface area (Å²) >= 11 is 0. The Morgan fingerprint density at radius 1 is 1.20 bits per heavy atom. The Labute approximate surface area is 59.8 Å². The highest BCUT2D eigenvalue weighted by molar-refractivity contribution is 5.63. The minimum Gasteiger partial charge on any atom is -0.251 e. The molecule has 1 saturated heterocycles. The lowest BCUT2D eigenvalue weighted by Gasteiger charge is -2.24. The van der Waals surface area contributed by atoms with Crippen LogP contribution in [-0.4, -0.2) is 24.2 Å². The van der Waals surface area contributed by atoms with Crippen LogP contribution in [0.4, 0.5) is 4.79 Å². The molecule has 1 aliphatic rings. The maximum absolute atomic E-state index is 10.0. The molecule has 0 bridgehead atoms. The Hall–Kier alpha value is -0.770. The fourth-order valence-electron chi connectivity index (χ4n) is 1.13. The summed E-state index contributed by atoms with van der Waals surface area (Å²) in [6.45, 7) is 1.63. The Kier molecular flexibility index (Phi) is 2.50. The summed E-state index contributed by atoms with van der Waals surface area (Å²) in [7, 11) is 0. The van der Waals surface area contributed by atoms with E-state index in [4.69, 9.17) is 0 Å². The molecule has 1 N–H and O–H groups in total. The standard InChI is InChI=1S/C6H11N2O2/c9-6(10)7-8-4-2-1-3-5-8/h7H,1-5H2. The van der Waals surface area contributed by atoms with E-state index in [1.54, 1.807) is 5.01 Å². The molecule has 1 amide bonds. The topological polar surface area (TPSA) is 52.2 Å². The third-order valence-corrected chi connectivity index (χ3v) is 1.61. The highest BCUT2D eigenvalue weighted by Gasteiger charge is 2.11. The molecule has 0 aromatic heterocycles. The lowest BCUT2D eigenvalue weighted by molar-refractivity contribution is 0.107. The summed E-state index contributed by atoms with van der Waals surface area (Å²) in [5.74, 6) is 0. The predicted molar refractivity (Wildman–Crippen MR) is 34.6 cm³/mol. The average molecular weight is 143 g/mol. The van der Waals surface area contributed by atoms with Gasteiger partial charge >= 0.3 is 6.09 Å². The monoisotopic (exact) mass is 143 g/mol. The van der Waals surface area contributed by atoms with Gasteiger partial charge in [0.15, 0.2) is 0 Å². The van der Waals surface area contributed by atoms with Gasteiger partial charge in [-0.3, -0.25) is 5.43 Å². The molecule has 0 aromatic carbocycles. The normalized spacial score (nSPS) is 20.4. The van der Waals surface area contributed by atoms with Gasteiger partial charge in [-0.05, 0) is 12.8 Å². The molecule has 0 aliphatic carbocycles. The fourth-order valence-corrected chi connectivity index (χ4v) is 1.13. The van der Waals surface area contributed by atoms with Gasteiger partial charge in [-0.25, -0.2) is 14.9 Å². The van der Waals surface area contributed by atoms with Gasteiger partial charge in [0, 0.05) is 13.1 Å². The highest BCUT2D eigenvalue weighted by Crippen LogP contribution is 2.05. The van der Waals surface area contributed by atoms with Crippen LogP contribution in [0, 0.1) is 0 Å². The molecule has 1 aliphatic heterocycles. The number of nitrogens with zero attached hydrogens (tertiary/aromatic N) is 1. The molecule has 1 fully saturated rings. The number of carbonyl (C=O) groups is 1. The zero-order valence-corrected chi connectivity index (χ0v) is 5.80. The van der Waals surface area contributed by atoms with Crippen LogP contribution in [0.2, 0.25) is 0 Å². The van der Waals surface area contributed by atoms with E-state index in [1.165, 1.54) is 6.42 Å². The second-order valence-electron chi connectivity index (χ2n) is 2.45. The fraction of sp³-hybridized carbons (Fsp3) is 0.833. The van der Waals surface area contributed by atoms with Crippen LogP contribution in [0.25, 0.3) is 0 Å². The number of rotatable bonds is 1. The van der Waals surface area contributed by atoms with Crippen molar-refractivity contribution in [3.63, 3.8) is 0 Å². The Morgan fingerprint density at radius 3 is 2.30 bits per heavy atom. The van der Waals surface area contributed by atoms with Gasteiger partial charge in [-0.1, -0.05) is 6.42 Å². The first kappa shape index (κ1) is 7.34. The zero-order chi connectivity index (χ0) is 7.40. The molecular weight excluding hydrogens is 132 g/mol. The number of piperidine rings is 1. The predicted octanol–water partition coefficient (Wildman–Crippen LogP) is 0.527. The Balaban J connectivity index is 2.19. The SMILES string of the molecule is [O]C(=O)NN1CCCCC1. The number of hydrogen-bond acceptors (Lipinski definition) is 2. The summed E-state index contributed by atoms with van der Waals surface area (Å²) in [6.07, 6.45) is 2.13. The summed E-state index contributed by atoms with van der Waals surface area (Å²) in [6, 6.07) is 0. The molecule has 0 saturated carbocycles.